The maximum Gasteiger partial charge on any atom is 0.244 e. The van der Waals surface area contributed by atoms with E-state index >= 15 is 0 Å². The highest BCUT2D eigenvalue weighted by atomic mass is 35.5. The molecule has 2 aromatic rings. The van der Waals surface area contributed by atoms with Crippen molar-refractivity contribution in [2.45, 2.75) is 43.5 Å². The highest BCUT2D eigenvalue weighted by Crippen LogP contribution is 2.48. The third-order valence-corrected chi connectivity index (χ3v) is 9.14. The molecule has 0 spiro atoms. The predicted molar refractivity (Wildman–Crippen MR) is 134 cm³/mol. The zero-order chi connectivity index (χ0) is 22.9. The van der Waals surface area contributed by atoms with Crippen molar-refractivity contribution in [1.29, 1.82) is 0 Å². The number of hydrogen-bond acceptors (Lipinski definition) is 5. The minimum Gasteiger partial charge on any atom is -0.493 e. The number of halogens is 2. The Labute approximate surface area is 208 Å². The molecule has 0 aromatic heterocycles. The monoisotopic (exact) mass is 514 g/mol. The summed E-state index contributed by atoms with van der Waals surface area (Å²) in [4.78, 5) is 2.68. The smallest absolute Gasteiger partial charge is 0.244 e. The normalized spacial score (nSPS) is 17.5. The van der Waals surface area contributed by atoms with Crippen LogP contribution in [0, 0.1) is 0 Å². The molecule has 0 N–H and O–H groups in total. The highest BCUT2D eigenvalue weighted by Gasteiger charge is 2.36. The molecule has 2 aromatic carbocycles. The van der Waals surface area contributed by atoms with Gasteiger partial charge in [-0.15, -0.1) is 12.4 Å². The first-order valence-electron chi connectivity index (χ1n) is 11.2. The Morgan fingerprint density at radius 2 is 1.94 bits per heavy atom. The lowest BCUT2D eigenvalue weighted by Gasteiger charge is -2.36. The number of rotatable bonds is 9. The van der Waals surface area contributed by atoms with Crippen molar-refractivity contribution < 1.29 is 17.9 Å². The first kappa shape index (κ1) is 26.1. The van der Waals surface area contributed by atoms with Gasteiger partial charge in [0.1, 0.15) is 4.90 Å². The summed E-state index contributed by atoms with van der Waals surface area (Å²) < 4.78 is 38.9. The molecule has 9 heteroatoms. The van der Waals surface area contributed by atoms with E-state index in [1.54, 1.807) is 38.5 Å². The molecule has 0 unspecified atom stereocenters. The molecule has 0 saturated carbocycles. The predicted octanol–water partition coefficient (Wildman–Crippen LogP) is 4.73. The number of sulfonamides is 1. The van der Waals surface area contributed by atoms with Crippen LogP contribution in [0.4, 0.5) is 0 Å². The lowest BCUT2D eigenvalue weighted by molar-refractivity contribution is 0.179. The van der Waals surface area contributed by atoms with E-state index in [0.29, 0.717) is 19.1 Å². The first-order chi connectivity index (χ1) is 15.4. The van der Waals surface area contributed by atoms with Crippen LogP contribution in [-0.4, -0.2) is 58.0 Å². The van der Waals surface area contributed by atoms with Crippen LogP contribution in [0.1, 0.15) is 42.5 Å². The molecule has 0 amide bonds. The second-order valence-electron chi connectivity index (χ2n) is 8.28. The molecular formula is C24H32Cl2N2O4S. The van der Waals surface area contributed by atoms with Crippen LogP contribution >= 0.6 is 24.0 Å². The lowest BCUT2D eigenvalue weighted by Crippen LogP contribution is -2.38. The van der Waals surface area contributed by atoms with Gasteiger partial charge in [-0.05, 0) is 55.0 Å². The third kappa shape index (κ3) is 4.84. The molecule has 0 saturated heterocycles. The van der Waals surface area contributed by atoms with Crippen LogP contribution < -0.4 is 9.47 Å². The van der Waals surface area contributed by atoms with Crippen LogP contribution in [-0.2, 0) is 22.9 Å². The van der Waals surface area contributed by atoms with Gasteiger partial charge < -0.3 is 9.47 Å². The number of hydrogen-bond donors (Lipinski definition) is 0. The third-order valence-electron chi connectivity index (χ3n) is 6.67. The highest BCUT2D eigenvalue weighted by molar-refractivity contribution is 7.89. The fraction of sp³-hybridized carbons (Fsp3) is 0.500. The molecule has 182 valence electrons. The van der Waals surface area contributed by atoms with Crippen LogP contribution in [0.2, 0.25) is 5.02 Å². The molecule has 0 radical (unpaired) electrons. The zero-order valence-electron chi connectivity index (χ0n) is 19.3. The van der Waals surface area contributed by atoms with E-state index < -0.39 is 10.0 Å². The van der Waals surface area contributed by atoms with Crippen molar-refractivity contribution >= 4 is 34.0 Å². The van der Waals surface area contributed by atoms with Crippen LogP contribution in [0.3, 0.4) is 0 Å². The van der Waals surface area contributed by atoms with E-state index in [9.17, 15) is 8.42 Å². The van der Waals surface area contributed by atoms with Gasteiger partial charge in [0.25, 0.3) is 0 Å². The van der Waals surface area contributed by atoms with E-state index in [1.165, 1.54) is 21.0 Å². The number of methoxy groups -OCH3 is 2. The quantitative estimate of drug-likeness (QED) is 0.484. The average Bonchev–Trinajstić information content (AvgIpc) is 3.24. The minimum atomic E-state index is -3.61. The molecule has 0 fully saturated rings. The van der Waals surface area contributed by atoms with Gasteiger partial charge in [-0.2, -0.15) is 4.31 Å². The van der Waals surface area contributed by atoms with Crippen molar-refractivity contribution in [2.75, 3.05) is 40.4 Å². The molecule has 4 rings (SSSR count). The van der Waals surface area contributed by atoms with Crippen molar-refractivity contribution in [3.05, 3.63) is 52.0 Å². The van der Waals surface area contributed by atoms with Crippen molar-refractivity contribution in [1.82, 2.24) is 9.21 Å². The Balaban J connectivity index is 0.00000306. The van der Waals surface area contributed by atoms with E-state index in [4.69, 9.17) is 21.1 Å². The van der Waals surface area contributed by atoms with Gasteiger partial charge in [0.2, 0.25) is 10.0 Å². The fourth-order valence-electron chi connectivity index (χ4n) is 5.18. The number of nitrogens with zero attached hydrogens (tertiary/aromatic N) is 2. The maximum atomic E-state index is 13.1. The van der Waals surface area contributed by atoms with Crippen molar-refractivity contribution in [2.24, 2.45) is 0 Å². The number of ether oxygens (including phenoxy) is 2. The number of benzene rings is 2. The van der Waals surface area contributed by atoms with Gasteiger partial charge in [0, 0.05) is 37.8 Å². The molecule has 1 aliphatic carbocycles. The van der Waals surface area contributed by atoms with E-state index in [0.717, 1.165) is 50.3 Å². The summed E-state index contributed by atoms with van der Waals surface area (Å²) in [6, 6.07) is 9.13. The maximum absolute atomic E-state index is 13.1. The lowest BCUT2D eigenvalue weighted by atomic mass is 9.92. The van der Waals surface area contributed by atoms with Crippen LogP contribution in [0.25, 0.3) is 0 Å². The molecule has 1 aliphatic heterocycles. The standard InChI is InChI=1S/C24H31ClN2O4S.ClH/c1-4-27(32(28,29)22-9-6-5-8-19(22)25)14-7-13-26-15-12-17-16-21(30-2)24(31-3)18-10-11-20(26)23(17)18;/h5-6,8-9,16,20H,4,7,10-15H2,1-3H3;1H/t20-;/m1./s1. The molecule has 2 aliphatic rings. The molecular weight excluding hydrogens is 483 g/mol. The Morgan fingerprint density at radius 1 is 1.18 bits per heavy atom. The summed E-state index contributed by atoms with van der Waals surface area (Å²) in [6.45, 7) is 4.58. The zero-order valence-corrected chi connectivity index (χ0v) is 21.7. The van der Waals surface area contributed by atoms with Gasteiger partial charge in [-0.25, -0.2) is 8.42 Å². The molecule has 33 heavy (non-hydrogen) atoms. The Hall–Kier alpha value is -1.51. The second kappa shape index (κ2) is 10.8. The van der Waals surface area contributed by atoms with E-state index in [2.05, 4.69) is 11.0 Å². The minimum absolute atomic E-state index is 0. The summed E-state index contributed by atoms with van der Waals surface area (Å²) in [7, 11) is -0.215. The van der Waals surface area contributed by atoms with Gasteiger partial charge in [0.05, 0.1) is 19.2 Å². The first-order valence-corrected chi connectivity index (χ1v) is 13.0. The van der Waals surface area contributed by atoms with E-state index in [1.807, 2.05) is 6.92 Å². The van der Waals surface area contributed by atoms with Crippen LogP contribution in [0.5, 0.6) is 11.5 Å². The topological polar surface area (TPSA) is 59.1 Å². The SMILES string of the molecule is CCN(CCCN1CCc2cc(OC)c(OC)c3c2[C@H]1CC3)S(=O)(=O)c1ccccc1Cl.Cl. The van der Waals surface area contributed by atoms with Crippen molar-refractivity contribution in [3.8, 4) is 11.5 Å². The average molecular weight is 516 g/mol. The van der Waals surface area contributed by atoms with E-state index in [-0.39, 0.29) is 22.3 Å². The molecule has 1 heterocycles. The summed E-state index contributed by atoms with van der Waals surface area (Å²) in [5.74, 6) is 1.68. The summed E-state index contributed by atoms with van der Waals surface area (Å²) in [6.07, 6.45) is 3.77. The largest absolute Gasteiger partial charge is 0.493 e. The van der Waals surface area contributed by atoms with Gasteiger partial charge in [-0.3, -0.25) is 4.90 Å². The van der Waals surface area contributed by atoms with Crippen molar-refractivity contribution in [3.63, 3.8) is 0 Å². The second-order valence-corrected chi connectivity index (χ2v) is 10.6. The Morgan fingerprint density at radius 3 is 2.61 bits per heavy atom. The molecule has 6 nitrogen and oxygen atoms in total. The van der Waals surface area contributed by atoms with Gasteiger partial charge in [-0.1, -0.05) is 30.7 Å². The summed E-state index contributed by atoms with van der Waals surface area (Å²) >= 11 is 6.17. The fourth-order valence-corrected chi connectivity index (χ4v) is 7.16. The summed E-state index contributed by atoms with van der Waals surface area (Å²) in [5.41, 5.74) is 4.02. The Kier molecular flexibility index (Phi) is 8.56. The summed E-state index contributed by atoms with van der Waals surface area (Å²) in [5, 5.41) is 0.265. The molecule has 1 atom stereocenters. The van der Waals surface area contributed by atoms with Gasteiger partial charge >= 0.3 is 0 Å². The van der Waals surface area contributed by atoms with Gasteiger partial charge in [0.15, 0.2) is 11.5 Å². The van der Waals surface area contributed by atoms with Crippen LogP contribution in [0.15, 0.2) is 35.2 Å². The molecule has 0 bridgehead atoms. The Bertz CT molecular complexity index is 1090.